The fourth-order valence-corrected chi connectivity index (χ4v) is 4.53. The van der Waals surface area contributed by atoms with Gasteiger partial charge < -0.3 is 34.3 Å². The summed E-state index contributed by atoms with van der Waals surface area (Å²) in [5.41, 5.74) is 3.57. The van der Waals surface area contributed by atoms with Crippen LogP contribution in [0.3, 0.4) is 0 Å². The highest BCUT2D eigenvalue weighted by Gasteiger charge is 2.27. The Balaban J connectivity index is 1.57. The summed E-state index contributed by atoms with van der Waals surface area (Å²) in [7, 11) is 4.68. The number of methoxy groups -OCH3 is 3. The topological polar surface area (TPSA) is 116 Å². The minimum atomic E-state index is -0.675. The minimum Gasteiger partial charge on any atom is -0.497 e. The van der Waals surface area contributed by atoms with E-state index in [1.54, 1.807) is 38.5 Å². The molecule has 0 aliphatic carbocycles. The van der Waals surface area contributed by atoms with Crippen molar-refractivity contribution in [2.75, 3.05) is 44.7 Å². The number of nitrogens with zero attached hydrogens (tertiary/aromatic N) is 3. The molecule has 0 unspecified atom stereocenters. The first-order valence-corrected chi connectivity index (χ1v) is 14.2. The van der Waals surface area contributed by atoms with Gasteiger partial charge in [-0.1, -0.05) is 32.0 Å². The van der Waals surface area contributed by atoms with E-state index < -0.39 is 6.09 Å². The van der Waals surface area contributed by atoms with Crippen LogP contribution in [0.15, 0.2) is 66.9 Å². The van der Waals surface area contributed by atoms with Crippen LogP contribution in [0.4, 0.5) is 27.8 Å². The standard InChI is InChI=1S/C33H39N5O6/c1-21(2)34-17-18-43-27-14-11-24(19-29(27)42-7)36-32-35-16-15-30(37-32)44-33(39)38(31-22(3)9-8-10-23(31)4)26-13-12-25(40-5)20-28(26)41-6/h8-16,19-21,34H,17-18H2,1-7H3,(H,35,36,37). The molecule has 4 aromatic rings. The Kier molecular flexibility index (Phi) is 10.8. The van der Waals surface area contributed by atoms with E-state index in [0.717, 1.165) is 11.1 Å². The van der Waals surface area contributed by atoms with E-state index in [-0.39, 0.29) is 11.8 Å². The van der Waals surface area contributed by atoms with Crippen LogP contribution in [-0.4, -0.2) is 56.6 Å². The number of carbonyl (C=O) groups is 1. The lowest BCUT2D eigenvalue weighted by Gasteiger charge is -2.27. The number of hydrogen-bond acceptors (Lipinski definition) is 10. The third-order valence-corrected chi connectivity index (χ3v) is 6.63. The zero-order chi connectivity index (χ0) is 31.6. The van der Waals surface area contributed by atoms with Gasteiger partial charge in [-0.2, -0.15) is 4.98 Å². The summed E-state index contributed by atoms with van der Waals surface area (Å²) in [6, 6.07) is 18.3. The highest BCUT2D eigenvalue weighted by molar-refractivity contribution is 6.00. The largest absolute Gasteiger partial charge is 0.497 e. The number of amides is 1. The van der Waals surface area contributed by atoms with Crippen LogP contribution in [-0.2, 0) is 0 Å². The van der Waals surface area contributed by atoms with Gasteiger partial charge in [0, 0.05) is 42.7 Å². The van der Waals surface area contributed by atoms with Crippen molar-refractivity contribution in [1.82, 2.24) is 15.3 Å². The zero-order valence-electron chi connectivity index (χ0n) is 26.1. The Morgan fingerprint density at radius 3 is 2.32 bits per heavy atom. The number of anilines is 4. The third kappa shape index (κ3) is 7.87. The summed E-state index contributed by atoms with van der Waals surface area (Å²) < 4.78 is 28.2. The molecule has 0 radical (unpaired) electrons. The van der Waals surface area contributed by atoms with Crippen LogP contribution < -0.4 is 39.2 Å². The van der Waals surface area contributed by atoms with E-state index in [1.165, 1.54) is 24.3 Å². The van der Waals surface area contributed by atoms with Crippen LogP contribution in [0.2, 0.25) is 0 Å². The van der Waals surface area contributed by atoms with E-state index in [4.69, 9.17) is 23.7 Å². The fourth-order valence-electron chi connectivity index (χ4n) is 4.53. The molecule has 0 atom stereocenters. The van der Waals surface area contributed by atoms with Crippen molar-refractivity contribution in [1.29, 1.82) is 0 Å². The van der Waals surface area contributed by atoms with Gasteiger partial charge in [0.15, 0.2) is 11.5 Å². The molecule has 44 heavy (non-hydrogen) atoms. The minimum absolute atomic E-state index is 0.0563. The van der Waals surface area contributed by atoms with Gasteiger partial charge in [-0.05, 0) is 49.2 Å². The predicted molar refractivity (Wildman–Crippen MR) is 171 cm³/mol. The molecule has 0 spiro atoms. The maximum atomic E-state index is 13.9. The zero-order valence-corrected chi connectivity index (χ0v) is 26.1. The van der Waals surface area contributed by atoms with Crippen molar-refractivity contribution in [2.24, 2.45) is 0 Å². The molecule has 11 heteroatoms. The third-order valence-electron chi connectivity index (χ3n) is 6.63. The second-order valence-corrected chi connectivity index (χ2v) is 10.1. The lowest BCUT2D eigenvalue weighted by molar-refractivity contribution is 0.208. The molecular formula is C33H39N5O6. The van der Waals surface area contributed by atoms with Crippen LogP contribution >= 0.6 is 0 Å². The summed E-state index contributed by atoms with van der Waals surface area (Å²) in [5.74, 6) is 2.49. The van der Waals surface area contributed by atoms with Gasteiger partial charge in [0.05, 0.1) is 32.7 Å². The quantitative estimate of drug-likeness (QED) is 0.163. The molecule has 0 bridgehead atoms. The second-order valence-electron chi connectivity index (χ2n) is 10.1. The number of aryl methyl sites for hydroxylation is 2. The van der Waals surface area contributed by atoms with Crippen molar-refractivity contribution in [3.63, 3.8) is 0 Å². The molecule has 0 aliphatic rings. The summed E-state index contributed by atoms with van der Waals surface area (Å²) >= 11 is 0. The number of nitrogens with one attached hydrogen (secondary N) is 2. The molecule has 1 amide bonds. The average Bonchev–Trinajstić information content (AvgIpc) is 3.01. The molecule has 11 nitrogen and oxygen atoms in total. The normalized spacial score (nSPS) is 10.7. The van der Waals surface area contributed by atoms with Crippen LogP contribution in [0.25, 0.3) is 0 Å². The Labute approximate surface area is 258 Å². The number of hydrogen-bond donors (Lipinski definition) is 2. The van der Waals surface area contributed by atoms with Gasteiger partial charge >= 0.3 is 6.09 Å². The van der Waals surface area contributed by atoms with Crippen LogP contribution in [0.5, 0.6) is 28.9 Å². The average molecular weight is 602 g/mol. The molecule has 232 valence electrons. The lowest BCUT2D eigenvalue weighted by atomic mass is 10.1. The van der Waals surface area contributed by atoms with Gasteiger partial charge in [0.25, 0.3) is 0 Å². The molecule has 0 saturated heterocycles. The second kappa shape index (κ2) is 14.9. The van der Waals surface area contributed by atoms with Gasteiger partial charge in [0.2, 0.25) is 11.8 Å². The summed E-state index contributed by atoms with van der Waals surface area (Å²) in [6.45, 7) is 9.24. The van der Waals surface area contributed by atoms with E-state index in [0.29, 0.717) is 59.3 Å². The molecule has 1 aromatic heterocycles. The van der Waals surface area contributed by atoms with Gasteiger partial charge in [-0.15, -0.1) is 0 Å². The maximum Gasteiger partial charge on any atom is 0.425 e. The van der Waals surface area contributed by atoms with Gasteiger partial charge in [-0.3, -0.25) is 0 Å². The molecule has 1 heterocycles. The summed E-state index contributed by atoms with van der Waals surface area (Å²) in [4.78, 5) is 24.1. The van der Waals surface area contributed by atoms with Crippen LogP contribution in [0, 0.1) is 13.8 Å². The molecule has 0 saturated carbocycles. The summed E-state index contributed by atoms with van der Waals surface area (Å²) in [5, 5.41) is 6.45. The number of benzene rings is 3. The Morgan fingerprint density at radius 2 is 1.64 bits per heavy atom. The SMILES string of the molecule is COc1ccc(N(C(=O)Oc2ccnc(Nc3ccc(OCCNC(C)C)c(OC)c3)n2)c2c(C)cccc2C)c(OC)c1. The van der Waals surface area contributed by atoms with Crippen molar-refractivity contribution >= 4 is 29.1 Å². The molecule has 0 aliphatic heterocycles. The lowest BCUT2D eigenvalue weighted by Crippen LogP contribution is -2.31. The molecule has 2 N–H and O–H groups in total. The monoisotopic (exact) mass is 601 g/mol. The maximum absolute atomic E-state index is 13.9. The number of para-hydroxylation sites is 1. The number of carbonyl (C=O) groups excluding carboxylic acids is 1. The van der Waals surface area contributed by atoms with Crippen LogP contribution in [0.1, 0.15) is 25.0 Å². The smallest absolute Gasteiger partial charge is 0.425 e. The fraction of sp³-hybridized carbons (Fsp3) is 0.303. The first-order valence-electron chi connectivity index (χ1n) is 14.2. The molecular weight excluding hydrogens is 562 g/mol. The van der Waals surface area contributed by atoms with E-state index >= 15 is 0 Å². The predicted octanol–water partition coefficient (Wildman–Crippen LogP) is 6.58. The highest BCUT2D eigenvalue weighted by atomic mass is 16.6. The van der Waals surface area contributed by atoms with E-state index in [1.807, 2.05) is 44.2 Å². The number of rotatable bonds is 13. The van der Waals surface area contributed by atoms with Crippen molar-refractivity contribution in [3.8, 4) is 28.9 Å². The van der Waals surface area contributed by atoms with Crippen molar-refractivity contribution in [3.05, 3.63) is 78.0 Å². The van der Waals surface area contributed by atoms with E-state index in [2.05, 4.69) is 34.4 Å². The number of ether oxygens (including phenoxy) is 5. The van der Waals surface area contributed by atoms with E-state index in [9.17, 15) is 4.79 Å². The first kappa shape index (κ1) is 31.9. The number of aromatic nitrogens is 2. The summed E-state index contributed by atoms with van der Waals surface area (Å²) in [6.07, 6.45) is 0.830. The Hall–Kier alpha value is -5.03. The molecule has 4 rings (SSSR count). The van der Waals surface area contributed by atoms with Gasteiger partial charge in [-0.25, -0.2) is 14.7 Å². The van der Waals surface area contributed by atoms with Crippen molar-refractivity contribution < 1.29 is 28.5 Å². The highest BCUT2D eigenvalue weighted by Crippen LogP contribution is 2.40. The Bertz CT molecular complexity index is 1560. The Morgan fingerprint density at radius 1 is 0.886 bits per heavy atom. The van der Waals surface area contributed by atoms with Crippen molar-refractivity contribution in [2.45, 2.75) is 33.7 Å². The molecule has 0 fully saturated rings. The van der Waals surface area contributed by atoms with Gasteiger partial charge in [0.1, 0.15) is 18.1 Å². The molecule has 3 aromatic carbocycles. The first-order chi connectivity index (χ1) is 21.2.